The van der Waals surface area contributed by atoms with Gasteiger partial charge in [0.2, 0.25) is 14.9 Å². The summed E-state index contributed by atoms with van der Waals surface area (Å²) in [5.41, 5.74) is 1.08. The van der Waals surface area contributed by atoms with Crippen molar-refractivity contribution in [1.29, 1.82) is 0 Å². The molecule has 1 aromatic carbocycles. The second kappa shape index (κ2) is 6.17. The van der Waals surface area contributed by atoms with Gasteiger partial charge in [-0.2, -0.15) is 0 Å². The van der Waals surface area contributed by atoms with Crippen LogP contribution in [0.5, 0.6) is 0 Å². The number of benzene rings is 1. The first-order valence-corrected chi connectivity index (χ1v) is 7.32. The van der Waals surface area contributed by atoms with Crippen molar-refractivity contribution >= 4 is 14.9 Å². The lowest BCUT2D eigenvalue weighted by Gasteiger charge is -2.22. The predicted octanol–water partition coefficient (Wildman–Crippen LogP) is 2.29. The molecule has 6 nitrogen and oxygen atoms in total. The molecule has 110 valence electrons. The standard InChI is InChI=1S/C13H18N2O4S/c1-10(13(2,3)4)12(14-19-15-16)20(17,18)11-8-6-5-7-9-11/h5-9,15-16H,1H2,2-4H3/b14-12+. The monoisotopic (exact) mass is 298 g/mol. The Hall–Kier alpha value is -1.70. The van der Waals surface area contributed by atoms with Crippen LogP contribution in [0.15, 0.2) is 52.5 Å². The third kappa shape index (κ3) is 3.66. The average molecular weight is 298 g/mol. The molecule has 0 atom stereocenters. The highest BCUT2D eigenvalue weighted by molar-refractivity contribution is 8.07. The van der Waals surface area contributed by atoms with Gasteiger partial charge in [-0.25, -0.2) is 8.42 Å². The molecule has 0 aliphatic heterocycles. The Balaban J connectivity index is 3.36. The van der Waals surface area contributed by atoms with Crippen molar-refractivity contribution in [2.75, 3.05) is 0 Å². The lowest BCUT2D eigenvalue weighted by atomic mass is 9.88. The van der Waals surface area contributed by atoms with Crippen LogP contribution in [0.3, 0.4) is 0 Å². The van der Waals surface area contributed by atoms with Crippen LogP contribution in [-0.4, -0.2) is 18.7 Å². The van der Waals surface area contributed by atoms with E-state index in [-0.39, 0.29) is 15.5 Å². The maximum absolute atomic E-state index is 12.5. The molecule has 7 heteroatoms. The maximum atomic E-state index is 12.5. The number of sulfone groups is 1. The van der Waals surface area contributed by atoms with Gasteiger partial charge in [0.05, 0.1) is 4.90 Å². The topological polar surface area (TPSA) is 88.0 Å². The number of nitrogens with one attached hydrogen (secondary N) is 1. The quantitative estimate of drug-likeness (QED) is 0.506. The van der Waals surface area contributed by atoms with E-state index in [1.807, 2.05) is 0 Å². The summed E-state index contributed by atoms with van der Waals surface area (Å²) in [6.07, 6.45) is 0. The number of hydrogen-bond acceptors (Lipinski definition) is 6. The Bertz CT molecular complexity index is 601. The molecular weight excluding hydrogens is 280 g/mol. The summed E-state index contributed by atoms with van der Waals surface area (Å²) >= 11 is 0. The molecule has 1 aromatic rings. The molecule has 20 heavy (non-hydrogen) atoms. The first-order valence-electron chi connectivity index (χ1n) is 5.84. The van der Waals surface area contributed by atoms with E-state index in [2.05, 4.69) is 16.7 Å². The number of oxime groups is 1. The van der Waals surface area contributed by atoms with E-state index in [1.54, 1.807) is 39.0 Å². The van der Waals surface area contributed by atoms with Crippen LogP contribution in [0, 0.1) is 5.41 Å². The molecule has 0 saturated carbocycles. The highest BCUT2D eigenvalue weighted by Gasteiger charge is 2.31. The molecule has 0 heterocycles. The molecule has 0 radical (unpaired) electrons. The summed E-state index contributed by atoms with van der Waals surface area (Å²) in [7, 11) is -3.88. The van der Waals surface area contributed by atoms with E-state index < -0.39 is 15.3 Å². The van der Waals surface area contributed by atoms with Crippen molar-refractivity contribution in [2.24, 2.45) is 10.6 Å². The molecule has 0 unspecified atom stereocenters. The van der Waals surface area contributed by atoms with E-state index in [0.717, 1.165) is 0 Å². The van der Waals surface area contributed by atoms with Gasteiger partial charge in [-0.1, -0.05) is 45.5 Å². The minimum Gasteiger partial charge on any atom is -0.281 e. The van der Waals surface area contributed by atoms with Gasteiger partial charge in [0.25, 0.3) is 0 Å². The van der Waals surface area contributed by atoms with Crippen LogP contribution in [0.25, 0.3) is 0 Å². The van der Waals surface area contributed by atoms with Gasteiger partial charge in [0, 0.05) is 0 Å². The Morgan fingerprint density at radius 2 is 1.85 bits per heavy atom. The van der Waals surface area contributed by atoms with Crippen LogP contribution >= 0.6 is 0 Å². The van der Waals surface area contributed by atoms with E-state index in [0.29, 0.717) is 0 Å². The van der Waals surface area contributed by atoms with Crippen molar-refractivity contribution < 1.29 is 18.6 Å². The van der Waals surface area contributed by atoms with Crippen LogP contribution in [0.1, 0.15) is 20.8 Å². The summed E-state index contributed by atoms with van der Waals surface area (Å²) < 4.78 is 25.1. The lowest BCUT2D eigenvalue weighted by molar-refractivity contribution is -0.125. The number of rotatable bonds is 4. The molecule has 0 fully saturated rings. The Morgan fingerprint density at radius 1 is 1.30 bits per heavy atom. The second-order valence-electron chi connectivity index (χ2n) is 5.12. The normalized spacial score (nSPS) is 13.1. The zero-order valence-electron chi connectivity index (χ0n) is 11.6. The summed E-state index contributed by atoms with van der Waals surface area (Å²) in [6.45, 7) is 9.18. The number of nitrogens with zero attached hydrogens (tertiary/aromatic N) is 1. The fourth-order valence-electron chi connectivity index (χ4n) is 1.36. The largest absolute Gasteiger partial charge is 0.281 e. The SMILES string of the molecule is C=C(/C(=N\ONO)S(=O)(=O)c1ccccc1)C(C)(C)C. The molecule has 0 saturated heterocycles. The molecule has 0 aromatic heterocycles. The number of hydrogen-bond donors (Lipinski definition) is 2. The minimum atomic E-state index is -3.88. The predicted molar refractivity (Wildman–Crippen MR) is 75.7 cm³/mol. The van der Waals surface area contributed by atoms with Crippen molar-refractivity contribution in [1.82, 2.24) is 5.64 Å². The summed E-state index contributed by atoms with van der Waals surface area (Å²) in [4.78, 5) is 4.35. The molecule has 0 spiro atoms. The zero-order valence-corrected chi connectivity index (χ0v) is 12.4. The van der Waals surface area contributed by atoms with Crippen LogP contribution < -0.4 is 5.64 Å². The first kappa shape index (κ1) is 16.4. The zero-order chi connectivity index (χ0) is 15.4. The van der Waals surface area contributed by atoms with Gasteiger partial charge in [0.15, 0.2) is 0 Å². The first-order chi connectivity index (χ1) is 9.21. The van der Waals surface area contributed by atoms with E-state index in [1.165, 1.54) is 17.8 Å². The molecular formula is C13H18N2O4S. The molecule has 2 N–H and O–H groups in total. The van der Waals surface area contributed by atoms with Gasteiger partial charge >= 0.3 is 0 Å². The van der Waals surface area contributed by atoms with Crippen LogP contribution in [0.2, 0.25) is 0 Å². The van der Waals surface area contributed by atoms with Crippen molar-refractivity contribution in [2.45, 2.75) is 25.7 Å². The highest BCUT2D eigenvalue weighted by Crippen LogP contribution is 2.29. The smallest absolute Gasteiger partial charge is 0.227 e. The third-order valence-electron chi connectivity index (χ3n) is 2.64. The van der Waals surface area contributed by atoms with Gasteiger partial charge in [-0.05, 0) is 33.9 Å². The summed E-state index contributed by atoms with van der Waals surface area (Å²) in [5, 5.41) is 11.5. The van der Waals surface area contributed by atoms with Crippen LogP contribution in [0.4, 0.5) is 0 Å². The highest BCUT2D eigenvalue weighted by atomic mass is 32.2. The molecule has 0 bridgehead atoms. The molecule has 0 aliphatic carbocycles. The average Bonchev–Trinajstić information content (AvgIpc) is 2.38. The fraction of sp³-hybridized carbons (Fsp3) is 0.308. The summed E-state index contributed by atoms with van der Waals surface area (Å²) in [5.74, 6) is 0. The van der Waals surface area contributed by atoms with E-state index >= 15 is 0 Å². The summed E-state index contributed by atoms with van der Waals surface area (Å²) in [6, 6.07) is 7.82. The van der Waals surface area contributed by atoms with Gasteiger partial charge < -0.3 is 0 Å². The maximum Gasteiger partial charge on any atom is 0.227 e. The lowest BCUT2D eigenvalue weighted by Crippen LogP contribution is -2.26. The van der Waals surface area contributed by atoms with Gasteiger partial charge in [0.1, 0.15) is 0 Å². The Kier molecular flexibility index (Phi) is 5.04. The van der Waals surface area contributed by atoms with Crippen molar-refractivity contribution in [3.63, 3.8) is 0 Å². The van der Waals surface area contributed by atoms with Gasteiger partial charge in [-0.3, -0.25) is 10.1 Å². The van der Waals surface area contributed by atoms with Crippen molar-refractivity contribution in [3.05, 3.63) is 42.5 Å². The molecule has 0 amide bonds. The van der Waals surface area contributed by atoms with E-state index in [4.69, 9.17) is 5.21 Å². The Labute approximate surface area is 118 Å². The Morgan fingerprint density at radius 3 is 2.30 bits per heavy atom. The minimum absolute atomic E-state index is 0.0747. The van der Waals surface area contributed by atoms with Crippen LogP contribution in [-0.2, 0) is 14.8 Å². The van der Waals surface area contributed by atoms with Gasteiger partial charge in [-0.15, -0.1) is 0 Å². The fourth-order valence-corrected chi connectivity index (χ4v) is 2.86. The molecule has 1 rings (SSSR count). The van der Waals surface area contributed by atoms with E-state index in [9.17, 15) is 8.42 Å². The van der Waals surface area contributed by atoms with Crippen molar-refractivity contribution in [3.8, 4) is 0 Å². The molecule has 0 aliphatic rings. The second-order valence-corrected chi connectivity index (χ2v) is 6.99. The third-order valence-corrected chi connectivity index (χ3v) is 4.36.